The molecule has 0 aliphatic carbocycles. The zero-order valence-corrected chi connectivity index (χ0v) is 17.2. The number of aromatic nitrogens is 3. The summed E-state index contributed by atoms with van der Waals surface area (Å²) in [4.78, 5) is 1.22. The molecule has 0 bridgehead atoms. The highest BCUT2D eigenvalue weighted by Crippen LogP contribution is 2.37. The Morgan fingerprint density at radius 1 is 0.700 bits per heavy atom. The zero-order valence-electron chi connectivity index (χ0n) is 16.4. The molecule has 0 spiro atoms. The third-order valence-electron chi connectivity index (χ3n) is 5.16. The molecule has 1 unspecified atom stereocenters. The van der Waals surface area contributed by atoms with Gasteiger partial charge in [0.2, 0.25) is 0 Å². The molecule has 1 heterocycles. The van der Waals surface area contributed by atoms with Gasteiger partial charge in [-0.25, -0.2) is 4.68 Å². The second-order valence-electron chi connectivity index (χ2n) is 7.14. The van der Waals surface area contributed by atoms with E-state index in [2.05, 4.69) is 106 Å². The first-order chi connectivity index (χ1) is 14.9. The molecule has 5 aromatic rings. The monoisotopic (exact) mass is 407 g/mol. The van der Waals surface area contributed by atoms with Gasteiger partial charge in [0, 0.05) is 11.3 Å². The van der Waals surface area contributed by atoms with Gasteiger partial charge in [-0.15, -0.1) is 5.10 Å². The van der Waals surface area contributed by atoms with Crippen LogP contribution in [0.2, 0.25) is 0 Å². The Morgan fingerprint density at radius 2 is 1.37 bits per heavy atom. The zero-order chi connectivity index (χ0) is 20.2. The fourth-order valence-corrected chi connectivity index (χ4v) is 4.87. The van der Waals surface area contributed by atoms with Gasteiger partial charge in [0.05, 0.1) is 5.52 Å². The van der Waals surface area contributed by atoms with Gasteiger partial charge in [-0.05, 0) is 41.0 Å². The van der Waals surface area contributed by atoms with E-state index in [1.165, 1.54) is 21.6 Å². The van der Waals surface area contributed by atoms with Gasteiger partial charge >= 0.3 is 0 Å². The van der Waals surface area contributed by atoms with Crippen molar-refractivity contribution < 1.29 is 0 Å². The molecule has 0 radical (unpaired) electrons. The van der Waals surface area contributed by atoms with Gasteiger partial charge in [-0.2, -0.15) is 0 Å². The van der Waals surface area contributed by atoms with E-state index in [1.807, 2.05) is 30.0 Å². The van der Waals surface area contributed by atoms with Crippen LogP contribution in [0.1, 0.15) is 10.9 Å². The number of rotatable bonds is 6. The molecule has 0 saturated heterocycles. The van der Waals surface area contributed by atoms with Crippen molar-refractivity contribution >= 4 is 22.8 Å². The maximum Gasteiger partial charge on any atom is 0.113 e. The van der Waals surface area contributed by atoms with Crippen molar-refractivity contribution in [3.8, 4) is 11.1 Å². The van der Waals surface area contributed by atoms with Gasteiger partial charge in [-0.1, -0.05) is 102 Å². The van der Waals surface area contributed by atoms with E-state index in [0.29, 0.717) is 0 Å². The first-order valence-corrected chi connectivity index (χ1v) is 10.9. The Labute approximate surface area is 180 Å². The summed E-state index contributed by atoms with van der Waals surface area (Å²) in [6.45, 7) is 0. The summed E-state index contributed by atoms with van der Waals surface area (Å²) < 4.78 is 2.06. The van der Waals surface area contributed by atoms with Gasteiger partial charge < -0.3 is 0 Å². The number of para-hydroxylation sites is 1. The molecule has 30 heavy (non-hydrogen) atoms. The van der Waals surface area contributed by atoms with Crippen molar-refractivity contribution in [2.45, 2.75) is 16.7 Å². The third kappa shape index (κ3) is 3.87. The van der Waals surface area contributed by atoms with Crippen LogP contribution in [0.4, 0.5) is 0 Å². The minimum Gasteiger partial charge on any atom is -0.231 e. The summed E-state index contributed by atoms with van der Waals surface area (Å²) in [5.74, 6) is 0. The molecule has 0 amide bonds. The minimum absolute atomic E-state index is 0.0877. The molecule has 0 aliphatic rings. The topological polar surface area (TPSA) is 30.7 Å². The molecular formula is C26H21N3S. The summed E-state index contributed by atoms with van der Waals surface area (Å²) in [7, 11) is 0. The lowest BCUT2D eigenvalue weighted by molar-refractivity contribution is 0.591. The molecule has 4 heteroatoms. The van der Waals surface area contributed by atoms with E-state index in [1.54, 1.807) is 0 Å². The maximum atomic E-state index is 4.54. The Kier molecular flexibility index (Phi) is 5.32. The Morgan fingerprint density at radius 3 is 2.20 bits per heavy atom. The average molecular weight is 408 g/mol. The van der Waals surface area contributed by atoms with E-state index in [9.17, 15) is 0 Å². The lowest BCUT2D eigenvalue weighted by atomic mass is 9.98. The lowest BCUT2D eigenvalue weighted by Crippen LogP contribution is -2.11. The Hall–Kier alpha value is -3.37. The number of hydrogen-bond acceptors (Lipinski definition) is 3. The molecule has 0 saturated carbocycles. The standard InChI is InChI=1S/C26H21N3S/c1-3-11-20(12-4-1)23-16-8-7-13-21(23)19-26(30-22-14-5-2-6-15-22)29-25-18-10-9-17-24(25)27-28-29/h1-18,26H,19H2. The largest absolute Gasteiger partial charge is 0.231 e. The smallest absolute Gasteiger partial charge is 0.113 e. The summed E-state index contributed by atoms with van der Waals surface area (Å²) in [5, 5.41) is 9.03. The quantitative estimate of drug-likeness (QED) is 0.296. The summed E-state index contributed by atoms with van der Waals surface area (Å²) in [6, 6.07) is 37.9. The van der Waals surface area contributed by atoms with E-state index < -0.39 is 0 Å². The maximum absolute atomic E-state index is 4.54. The summed E-state index contributed by atoms with van der Waals surface area (Å²) in [6.07, 6.45) is 0.845. The number of benzene rings is 4. The van der Waals surface area contributed by atoms with E-state index >= 15 is 0 Å². The first-order valence-electron chi connectivity index (χ1n) is 10.0. The van der Waals surface area contributed by atoms with Crippen molar-refractivity contribution in [2.75, 3.05) is 0 Å². The summed E-state index contributed by atoms with van der Waals surface area (Å²) >= 11 is 1.82. The number of nitrogens with zero attached hydrogens (tertiary/aromatic N) is 3. The van der Waals surface area contributed by atoms with Crippen molar-refractivity contribution in [1.82, 2.24) is 15.0 Å². The van der Waals surface area contributed by atoms with Crippen LogP contribution < -0.4 is 0 Å². The van der Waals surface area contributed by atoms with Crippen LogP contribution in [0.5, 0.6) is 0 Å². The number of hydrogen-bond donors (Lipinski definition) is 0. The highest BCUT2D eigenvalue weighted by Gasteiger charge is 2.19. The fraction of sp³-hybridized carbons (Fsp3) is 0.0769. The normalized spacial score (nSPS) is 12.1. The van der Waals surface area contributed by atoms with Gasteiger partial charge in [0.25, 0.3) is 0 Å². The van der Waals surface area contributed by atoms with E-state index in [-0.39, 0.29) is 5.37 Å². The van der Waals surface area contributed by atoms with Crippen molar-refractivity contribution in [3.63, 3.8) is 0 Å². The van der Waals surface area contributed by atoms with Gasteiger partial charge in [0.15, 0.2) is 0 Å². The SMILES string of the molecule is c1ccc(SC(Cc2ccccc2-c2ccccc2)n2nnc3ccccc32)cc1. The lowest BCUT2D eigenvalue weighted by Gasteiger charge is -2.20. The highest BCUT2D eigenvalue weighted by molar-refractivity contribution is 7.99. The average Bonchev–Trinajstić information content (AvgIpc) is 3.24. The third-order valence-corrected chi connectivity index (χ3v) is 6.34. The van der Waals surface area contributed by atoms with Crippen molar-refractivity contribution in [2.24, 2.45) is 0 Å². The Balaban J connectivity index is 1.57. The predicted molar refractivity (Wildman–Crippen MR) is 124 cm³/mol. The van der Waals surface area contributed by atoms with Crippen LogP contribution in [0.3, 0.4) is 0 Å². The van der Waals surface area contributed by atoms with Crippen LogP contribution in [-0.2, 0) is 6.42 Å². The molecule has 3 nitrogen and oxygen atoms in total. The second-order valence-corrected chi connectivity index (χ2v) is 8.39. The predicted octanol–water partition coefficient (Wildman–Crippen LogP) is 6.63. The molecule has 0 N–H and O–H groups in total. The molecule has 0 aliphatic heterocycles. The fourth-order valence-electron chi connectivity index (χ4n) is 3.72. The minimum atomic E-state index is 0.0877. The van der Waals surface area contributed by atoms with E-state index in [0.717, 1.165) is 17.5 Å². The highest BCUT2D eigenvalue weighted by atomic mass is 32.2. The Bertz CT molecular complexity index is 1250. The molecule has 4 aromatic carbocycles. The van der Waals surface area contributed by atoms with E-state index in [4.69, 9.17) is 0 Å². The van der Waals surface area contributed by atoms with Crippen LogP contribution in [0.25, 0.3) is 22.2 Å². The number of thioether (sulfide) groups is 1. The summed E-state index contributed by atoms with van der Waals surface area (Å²) in [5.41, 5.74) is 5.79. The van der Waals surface area contributed by atoms with Gasteiger partial charge in [0.1, 0.15) is 10.9 Å². The van der Waals surface area contributed by atoms with Crippen LogP contribution in [0.15, 0.2) is 114 Å². The van der Waals surface area contributed by atoms with Crippen LogP contribution in [0, 0.1) is 0 Å². The van der Waals surface area contributed by atoms with Crippen LogP contribution >= 0.6 is 11.8 Å². The molecule has 146 valence electrons. The first kappa shape index (κ1) is 18.6. The molecule has 1 aromatic heterocycles. The molecular weight excluding hydrogens is 386 g/mol. The van der Waals surface area contributed by atoms with Crippen LogP contribution in [-0.4, -0.2) is 15.0 Å². The molecule has 0 fully saturated rings. The second kappa shape index (κ2) is 8.56. The van der Waals surface area contributed by atoms with Gasteiger partial charge in [-0.3, -0.25) is 0 Å². The number of fused-ring (bicyclic) bond motifs is 1. The molecule has 1 atom stereocenters. The molecule has 5 rings (SSSR count). The van der Waals surface area contributed by atoms with Crippen molar-refractivity contribution in [3.05, 3.63) is 115 Å². The van der Waals surface area contributed by atoms with Crippen molar-refractivity contribution in [1.29, 1.82) is 0 Å².